The van der Waals surface area contributed by atoms with E-state index < -0.39 is 0 Å². The summed E-state index contributed by atoms with van der Waals surface area (Å²) in [5.41, 5.74) is 0.665. The van der Waals surface area contributed by atoms with E-state index in [9.17, 15) is 0 Å². The second-order valence-corrected chi connectivity index (χ2v) is 5.26. The van der Waals surface area contributed by atoms with E-state index in [0.717, 1.165) is 5.82 Å². The number of halogens is 3. The normalized spacial score (nSPS) is 12.5. The maximum absolute atomic E-state index is 6.12. The Hall–Kier alpha value is -0.900. The summed E-state index contributed by atoms with van der Waals surface area (Å²) < 4.78 is 1.94. The summed E-state index contributed by atoms with van der Waals surface area (Å²) in [4.78, 5) is 4.28. The first-order valence-electron chi connectivity index (χ1n) is 5.37. The topological polar surface area (TPSA) is 29.9 Å². The third kappa shape index (κ3) is 2.74. The molecule has 1 aromatic heterocycles. The first kappa shape index (κ1) is 13.5. The number of nitrogens with one attached hydrogen (secondary N) is 1. The van der Waals surface area contributed by atoms with E-state index in [2.05, 4.69) is 10.3 Å². The first-order valence-corrected chi connectivity index (χ1v) is 6.50. The van der Waals surface area contributed by atoms with Gasteiger partial charge >= 0.3 is 0 Å². The van der Waals surface area contributed by atoms with Gasteiger partial charge in [0.05, 0.1) is 21.8 Å². The SMILES string of the molecule is CC(Nc1c(Cl)cc(Cl)cc1Cl)c1nccn1C. The molecule has 0 radical (unpaired) electrons. The number of nitrogens with zero attached hydrogens (tertiary/aromatic N) is 2. The molecule has 1 atom stereocenters. The highest BCUT2D eigenvalue weighted by molar-refractivity contribution is 6.41. The Balaban J connectivity index is 2.27. The smallest absolute Gasteiger partial charge is 0.130 e. The summed E-state index contributed by atoms with van der Waals surface area (Å²) in [7, 11) is 1.94. The van der Waals surface area contributed by atoms with Crippen LogP contribution < -0.4 is 5.32 Å². The van der Waals surface area contributed by atoms with Crippen LogP contribution in [0.1, 0.15) is 18.8 Å². The molecule has 1 aromatic carbocycles. The molecule has 0 aliphatic heterocycles. The van der Waals surface area contributed by atoms with Crippen LogP contribution in [0.3, 0.4) is 0 Å². The summed E-state index contributed by atoms with van der Waals surface area (Å²) in [5.74, 6) is 0.900. The minimum atomic E-state index is -0.0128. The second-order valence-electron chi connectivity index (χ2n) is 4.01. The standard InChI is InChI=1S/C12H12Cl3N3/c1-7(12-16-3-4-18(12)2)17-11-9(14)5-8(13)6-10(11)15/h3-7,17H,1-2H3. The Kier molecular flexibility index (Phi) is 4.05. The van der Waals surface area contributed by atoms with Crippen molar-refractivity contribution in [1.82, 2.24) is 9.55 Å². The number of rotatable bonds is 3. The first-order chi connectivity index (χ1) is 8.49. The highest BCUT2D eigenvalue weighted by Crippen LogP contribution is 2.35. The van der Waals surface area contributed by atoms with Gasteiger partial charge < -0.3 is 9.88 Å². The van der Waals surface area contributed by atoms with Gasteiger partial charge in [0.1, 0.15) is 5.82 Å². The number of hydrogen-bond donors (Lipinski definition) is 1. The predicted octanol–water partition coefficient (Wildman–Crippen LogP) is 4.55. The molecule has 0 saturated heterocycles. The number of aryl methyl sites for hydroxylation is 1. The fraction of sp³-hybridized carbons (Fsp3) is 0.250. The Morgan fingerprint density at radius 1 is 1.22 bits per heavy atom. The summed E-state index contributed by atoms with van der Waals surface area (Å²) in [5, 5.41) is 4.75. The van der Waals surface area contributed by atoms with Crippen molar-refractivity contribution in [3.05, 3.63) is 45.4 Å². The highest BCUT2D eigenvalue weighted by Gasteiger charge is 2.14. The van der Waals surface area contributed by atoms with Crippen molar-refractivity contribution >= 4 is 40.5 Å². The molecule has 0 bridgehead atoms. The van der Waals surface area contributed by atoms with Gasteiger partial charge in [-0.3, -0.25) is 0 Å². The maximum Gasteiger partial charge on any atom is 0.130 e. The Labute approximate surface area is 121 Å². The van der Waals surface area contributed by atoms with Gasteiger partial charge in [0.2, 0.25) is 0 Å². The van der Waals surface area contributed by atoms with Crippen molar-refractivity contribution in [3.63, 3.8) is 0 Å². The van der Waals surface area contributed by atoms with E-state index in [1.165, 1.54) is 0 Å². The van der Waals surface area contributed by atoms with Crippen LogP contribution in [-0.4, -0.2) is 9.55 Å². The van der Waals surface area contributed by atoms with Crippen molar-refractivity contribution in [3.8, 4) is 0 Å². The summed E-state index contributed by atoms with van der Waals surface area (Å²) in [6.07, 6.45) is 3.64. The number of anilines is 1. The average Bonchev–Trinajstić information content (AvgIpc) is 2.69. The molecular weight excluding hydrogens is 293 g/mol. The lowest BCUT2D eigenvalue weighted by Gasteiger charge is -2.17. The lowest BCUT2D eigenvalue weighted by Crippen LogP contribution is -2.12. The minimum absolute atomic E-state index is 0.0128. The molecule has 0 saturated carbocycles. The molecule has 2 rings (SSSR count). The molecule has 18 heavy (non-hydrogen) atoms. The molecular formula is C12H12Cl3N3. The van der Waals surface area contributed by atoms with Crippen LogP contribution in [0.4, 0.5) is 5.69 Å². The molecule has 0 amide bonds. The molecule has 1 unspecified atom stereocenters. The van der Waals surface area contributed by atoms with Crippen molar-refractivity contribution in [2.75, 3.05) is 5.32 Å². The van der Waals surface area contributed by atoms with Gasteiger partial charge in [-0.2, -0.15) is 0 Å². The van der Waals surface area contributed by atoms with Crippen molar-refractivity contribution in [1.29, 1.82) is 0 Å². The predicted molar refractivity (Wildman–Crippen MR) is 76.7 cm³/mol. The second kappa shape index (κ2) is 5.39. The molecule has 0 spiro atoms. The zero-order valence-electron chi connectivity index (χ0n) is 9.92. The lowest BCUT2D eigenvalue weighted by molar-refractivity contribution is 0.722. The minimum Gasteiger partial charge on any atom is -0.373 e. The van der Waals surface area contributed by atoms with E-state index in [4.69, 9.17) is 34.8 Å². The third-order valence-corrected chi connectivity index (χ3v) is 3.43. The van der Waals surface area contributed by atoms with Gasteiger partial charge in [-0.05, 0) is 19.1 Å². The van der Waals surface area contributed by atoms with Crippen LogP contribution in [0.2, 0.25) is 15.1 Å². The van der Waals surface area contributed by atoms with E-state index in [1.54, 1.807) is 18.3 Å². The Bertz CT molecular complexity index is 542. The monoisotopic (exact) mass is 303 g/mol. The molecule has 6 heteroatoms. The largest absolute Gasteiger partial charge is 0.373 e. The van der Waals surface area contributed by atoms with Gasteiger partial charge in [-0.15, -0.1) is 0 Å². The fourth-order valence-corrected chi connectivity index (χ4v) is 2.68. The van der Waals surface area contributed by atoms with Gasteiger partial charge in [0.15, 0.2) is 0 Å². The third-order valence-electron chi connectivity index (χ3n) is 2.61. The molecule has 0 aliphatic carbocycles. The Morgan fingerprint density at radius 2 is 1.83 bits per heavy atom. The summed E-state index contributed by atoms with van der Waals surface area (Å²) in [6.45, 7) is 1.99. The number of benzene rings is 1. The molecule has 96 valence electrons. The molecule has 2 aromatic rings. The maximum atomic E-state index is 6.12. The summed E-state index contributed by atoms with van der Waals surface area (Å²) >= 11 is 18.1. The molecule has 1 N–H and O–H groups in total. The van der Waals surface area contributed by atoms with Crippen molar-refractivity contribution in [2.24, 2.45) is 7.05 Å². The quantitative estimate of drug-likeness (QED) is 0.901. The van der Waals surface area contributed by atoms with Crippen molar-refractivity contribution < 1.29 is 0 Å². The van der Waals surface area contributed by atoms with Gasteiger partial charge in [-0.1, -0.05) is 34.8 Å². The fourth-order valence-electron chi connectivity index (χ4n) is 1.76. The number of aromatic nitrogens is 2. The van der Waals surface area contributed by atoms with Crippen LogP contribution in [0, 0.1) is 0 Å². The number of imidazole rings is 1. The highest BCUT2D eigenvalue weighted by atomic mass is 35.5. The van der Waals surface area contributed by atoms with E-state index in [0.29, 0.717) is 20.8 Å². The Morgan fingerprint density at radius 3 is 2.33 bits per heavy atom. The lowest BCUT2D eigenvalue weighted by atomic mass is 10.2. The van der Waals surface area contributed by atoms with Gasteiger partial charge in [-0.25, -0.2) is 4.98 Å². The van der Waals surface area contributed by atoms with Crippen LogP contribution in [-0.2, 0) is 7.05 Å². The van der Waals surface area contributed by atoms with Crippen molar-refractivity contribution in [2.45, 2.75) is 13.0 Å². The molecule has 1 heterocycles. The van der Waals surface area contributed by atoms with Gasteiger partial charge in [0, 0.05) is 24.5 Å². The van der Waals surface area contributed by atoms with Gasteiger partial charge in [0.25, 0.3) is 0 Å². The molecule has 0 aliphatic rings. The van der Waals surface area contributed by atoms with E-state index in [1.807, 2.05) is 24.7 Å². The number of hydrogen-bond acceptors (Lipinski definition) is 2. The van der Waals surface area contributed by atoms with E-state index in [-0.39, 0.29) is 6.04 Å². The van der Waals surface area contributed by atoms with E-state index >= 15 is 0 Å². The average molecular weight is 305 g/mol. The molecule has 3 nitrogen and oxygen atoms in total. The molecule has 0 fully saturated rings. The van der Waals surface area contributed by atoms with Crippen LogP contribution in [0.25, 0.3) is 0 Å². The van der Waals surface area contributed by atoms with Crippen LogP contribution in [0.5, 0.6) is 0 Å². The summed E-state index contributed by atoms with van der Waals surface area (Å²) in [6, 6.07) is 3.30. The zero-order chi connectivity index (χ0) is 13.3. The zero-order valence-corrected chi connectivity index (χ0v) is 12.2. The van der Waals surface area contributed by atoms with Crippen LogP contribution in [0.15, 0.2) is 24.5 Å². The van der Waals surface area contributed by atoms with Crippen LogP contribution >= 0.6 is 34.8 Å².